The number of aryl methyl sites for hydroxylation is 2. The number of aromatic nitrogens is 3. The molecule has 29 heavy (non-hydrogen) atoms. The molecule has 0 unspecified atom stereocenters. The second-order valence-corrected chi connectivity index (χ2v) is 7.98. The van der Waals surface area contributed by atoms with Gasteiger partial charge in [-0.2, -0.15) is 0 Å². The molecular weight excluding hydrogens is 386 g/mol. The van der Waals surface area contributed by atoms with Crippen LogP contribution in [-0.2, 0) is 6.42 Å². The minimum absolute atomic E-state index is 0.0346. The zero-order chi connectivity index (χ0) is 20.4. The van der Waals surface area contributed by atoms with Crippen molar-refractivity contribution in [3.63, 3.8) is 0 Å². The van der Waals surface area contributed by atoms with Gasteiger partial charge in [-0.3, -0.25) is 14.2 Å². The van der Waals surface area contributed by atoms with E-state index in [1.807, 2.05) is 19.1 Å². The first kappa shape index (κ1) is 18.9. The highest BCUT2D eigenvalue weighted by molar-refractivity contribution is 7.14. The molecule has 0 fully saturated rings. The lowest BCUT2D eigenvalue weighted by Crippen LogP contribution is -2.15. The number of rotatable bonds is 6. The molecule has 0 aliphatic heterocycles. The fourth-order valence-corrected chi connectivity index (χ4v) is 3.93. The molecule has 3 aromatic heterocycles. The Labute approximate surface area is 171 Å². The van der Waals surface area contributed by atoms with Gasteiger partial charge in [-0.1, -0.05) is 6.07 Å². The molecule has 4 rings (SSSR count). The smallest absolute Gasteiger partial charge is 0.255 e. The van der Waals surface area contributed by atoms with Crippen molar-refractivity contribution < 1.29 is 9.90 Å². The highest BCUT2D eigenvalue weighted by Gasteiger charge is 2.11. The normalized spacial score (nSPS) is 10.9. The van der Waals surface area contributed by atoms with E-state index in [1.165, 1.54) is 22.0 Å². The van der Waals surface area contributed by atoms with E-state index in [4.69, 9.17) is 0 Å². The van der Waals surface area contributed by atoms with Crippen LogP contribution >= 0.6 is 11.3 Å². The molecule has 0 radical (unpaired) electrons. The molecule has 0 spiro atoms. The van der Waals surface area contributed by atoms with Gasteiger partial charge in [0.2, 0.25) is 0 Å². The maximum atomic E-state index is 12.3. The van der Waals surface area contributed by atoms with Crippen LogP contribution in [0.2, 0.25) is 0 Å². The molecule has 0 saturated heterocycles. The Morgan fingerprint density at radius 3 is 2.76 bits per heavy atom. The second kappa shape index (κ2) is 7.89. The Morgan fingerprint density at radius 2 is 2.03 bits per heavy atom. The number of Topliss-reactive ketones (excluding diaryl/α,β-unsaturated/α-hetero) is 1. The van der Waals surface area contributed by atoms with E-state index in [1.54, 1.807) is 53.6 Å². The third kappa shape index (κ3) is 4.05. The van der Waals surface area contributed by atoms with E-state index in [-0.39, 0.29) is 17.1 Å². The van der Waals surface area contributed by atoms with Crippen LogP contribution in [0.25, 0.3) is 11.4 Å². The Hall–Kier alpha value is -3.45. The van der Waals surface area contributed by atoms with Crippen molar-refractivity contribution in [2.75, 3.05) is 0 Å². The predicted octanol–water partition coefficient (Wildman–Crippen LogP) is 3.91. The number of aromatic hydroxyl groups is 1. The van der Waals surface area contributed by atoms with Crippen LogP contribution < -0.4 is 5.56 Å². The summed E-state index contributed by atoms with van der Waals surface area (Å²) in [5.74, 6) is 0.144. The zero-order valence-corrected chi connectivity index (χ0v) is 16.6. The predicted molar refractivity (Wildman–Crippen MR) is 113 cm³/mol. The van der Waals surface area contributed by atoms with Crippen LogP contribution in [0.15, 0.2) is 72.0 Å². The van der Waals surface area contributed by atoms with E-state index in [0.29, 0.717) is 24.2 Å². The quantitative estimate of drug-likeness (QED) is 0.494. The molecule has 0 aliphatic carbocycles. The van der Waals surface area contributed by atoms with E-state index >= 15 is 0 Å². The van der Waals surface area contributed by atoms with Gasteiger partial charge < -0.3 is 9.67 Å². The maximum Gasteiger partial charge on any atom is 0.255 e. The SMILES string of the molecule is Cc1ccc(C(=O)CCc2cn(-c3ccc(-n4ccccc4=O)cc3O)cn2)s1. The Morgan fingerprint density at radius 1 is 1.17 bits per heavy atom. The third-order valence-corrected chi connectivity index (χ3v) is 5.64. The van der Waals surface area contributed by atoms with Crippen LogP contribution in [0.1, 0.15) is 26.7 Å². The lowest BCUT2D eigenvalue weighted by Gasteiger charge is -2.09. The Balaban J connectivity index is 1.50. The summed E-state index contributed by atoms with van der Waals surface area (Å²) in [7, 11) is 0. The summed E-state index contributed by atoms with van der Waals surface area (Å²) >= 11 is 1.50. The van der Waals surface area contributed by atoms with Gasteiger partial charge in [-0.25, -0.2) is 4.98 Å². The van der Waals surface area contributed by atoms with Crippen molar-refractivity contribution >= 4 is 17.1 Å². The van der Waals surface area contributed by atoms with Crippen LogP contribution in [0.4, 0.5) is 0 Å². The molecule has 146 valence electrons. The lowest BCUT2D eigenvalue weighted by atomic mass is 10.1. The van der Waals surface area contributed by atoms with Crippen LogP contribution in [-0.4, -0.2) is 25.0 Å². The maximum absolute atomic E-state index is 12.3. The lowest BCUT2D eigenvalue weighted by molar-refractivity contribution is 0.0986. The standard InChI is InChI=1S/C22H19N3O3S/c1-15-5-10-21(29-15)19(26)9-6-16-13-24(14-23-16)18-8-7-17(12-20(18)27)25-11-3-2-4-22(25)28/h2-5,7-8,10-14,27H,6,9H2,1H3. The summed E-state index contributed by atoms with van der Waals surface area (Å²) in [5.41, 5.74) is 1.73. The molecule has 4 aromatic rings. The van der Waals surface area contributed by atoms with E-state index < -0.39 is 0 Å². The van der Waals surface area contributed by atoms with Gasteiger partial charge in [0.1, 0.15) is 5.75 Å². The molecule has 6 nitrogen and oxygen atoms in total. The number of carbonyl (C=O) groups excluding carboxylic acids is 1. The van der Waals surface area contributed by atoms with Crippen molar-refractivity contribution in [1.29, 1.82) is 0 Å². The van der Waals surface area contributed by atoms with Crippen molar-refractivity contribution in [1.82, 2.24) is 14.1 Å². The summed E-state index contributed by atoms with van der Waals surface area (Å²) in [5, 5.41) is 10.5. The topological polar surface area (TPSA) is 77.1 Å². The number of carbonyl (C=O) groups is 1. The molecule has 0 bridgehead atoms. The van der Waals surface area contributed by atoms with Crippen LogP contribution in [0, 0.1) is 6.92 Å². The van der Waals surface area contributed by atoms with Crippen molar-refractivity contribution in [2.45, 2.75) is 19.8 Å². The van der Waals surface area contributed by atoms with Gasteiger partial charge in [0.25, 0.3) is 5.56 Å². The molecular formula is C22H19N3O3S. The molecule has 0 atom stereocenters. The fraction of sp³-hybridized carbons (Fsp3) is 0.136. The summed E-state index contributed by atoms with van der Waals surface area (Å²) < 4.78 is 3.17. The minimum atomic E-state index is -0.171. The highest BCUT2D eigenvalue weighted by Crippen LogP contribution is 2.25. The number of thiophene rings is 1. The Bertz CT molecular complexity index is 1240. The largest absolute Gasteiger partial charge is 0.506 e. The number of benzene rings is 1. The first-order chi connectivity index (χ1) is 14.0. The van der Waals surface area contributed by atoms with Crippen LogP contribution in [0.3, 0.4) is 0 Å². The van der Waals surface area contributed by atoms with Crippen molar-refractivity contribution in [3.8, 4) is 17.1 Å². The van der Waals surface area contributed by atoms with E-state index in [0.717, 1.165) is 15.4 Å². The third-order valence-electron chi connectivity index (χ3n) is 4.60. The number of phenolic OH excluding ortho intramolecular Hbond substituents is 1. The van der Waals surface area contributed by atoms with Gasteiger partial charge >= 0.3 is 0 Å². The van der Waals surface area contributed by atoms with Gasteiger partial charge in [0.05, 0.1) is 28.3 Å². The first-order valence-corrected chi connectivity index (χ1v) is 9.97. The first-order valence-electron chi connectivity index (χ1n) is 9.15. The summed E-state index contributed by atoms with van der Waals surface area (Å²) in [4.78, 5) is 30.5. The number of hydrogen-bond donors (Lipinski definition) is 1. The van der Waals surface area contributed by atoms with Crippen molar-refractivity contribution in [2.24, 2.45) is 0 Å². The summed E-state index contributed by atoms with van der Waals surface area (Å²) in [6, 6.07) is 13.7. The number of pyridine rings is 1. The van der Waals surface area contributed by atoms with E-state index in [9.17, 15) is 14.7 Å². The molecule has 0 amide bonds. The summed E-state index contributed by atoms with van der Waals surface area (Å²) in [6.07, 6.45) is 5.98. The van der Waals surface area contributed by atoms with Gasteiger partial charge in [-0.05, 0) is 43.7 Å². The molecule has 3 heterocycles. The molecule has 1 aromatic carbocycles. The number of imidazole rings is 1. The minimum Gasteiger partial charge on any atom is -0.506 e. The highest BCUT2D eigenvalue weighted by atomic mass is 32.1. The molecule has 0 saturated carbocycles. The van der Waals surface area contributed by atoms with Crippen molar-refractivity contribution in [3.05, 3.63) is 93.1 Å². The molecule has 0 aliphatic rings. The van der Waals surface area contributed by atoms with Crippen LogP contribution in [0.5, 0.6) is 5.75 Å². The van der Waals surface area contributed by atoms with Gasteiger partial charge in [0, 0.05) is 35.8 Å². The zero-order valence-electron chi connectivity index (χ0n) is 15.8. The number of ketones is 1. The fourth-order valence-electron chi connectivity index (χ4n) is 3.09. The molecule has 7 heteroatoms. The second-order valence-electron chi connectivity index (χ2n) is 6.69. The number of phenols is 1. The number of nitrogens with zero attached hydrogens (tertiary/aromatic N) is 3. The summed E-state index contributed by atoms with van der Waals surface area (Å²) in [6.45, 7) is 1.98. The average Bonchev–Trinajstić information content (AvgIpc) is 3.35. The average molecular weight is 405 g/mol. The van der Waals surface area contributed by atoms with E-state index in [2.05, 4.69) is 4.98 Å². The number of hydrogen-bond acceptors (Lipinski definition) is 5. The Kier molecular flexibility index (Phi) is 5.14. The van der Waals surface area contributed by atoms with Gasteiger partial charge in [0.15, 0.2) is 5.78 Å². The van der Waals surface area contributed by atoms with Gasteiger partial charge in [-0.15, -0.1) is 11.3 Å². The molecule has 1 N–H and O–H groups in total. The monoisotopic (exact) mass is 405 g/mol.